The predicted molar refractivity (Wildman–Crippen MR) is 98.2 cm³/mol. The third kappa shape index (κ3) is 3.21. The molecular formula is C19H19N5O3. The van der Waals surface area contributed by atoms with Crippen molar-refractivity contribution >= 4 is 5.91 Å². The van der Waals surface area contributed by atoms with Crippen LogP contribution in [0.3, 0.4) is 0 Å². The highest BCUT2D eigenvalue weighted by Crippen LogP contribution is 2.25. The molecule has 1 fully saturated rings. The van der Waals surface area contributed by atoms with E-state index in [0.29, 0.717) is 24.3 Å². The first kappa shape index (κ1) is 17.0. The molecule has 0 saturated carbocycles. The second-order valence-corrected chi connectivity index (χ2v) is 6.38. The minimum Gasteiger partial charge on any atom is -0.496 e. The molecule has 1 amide bonds. The number of pyridine rings is 1. The lowest BCUT2D eigenvalue weighted by molar-refractivity contribution is 0.0782. The maximum atomic E-state index is 13.1. The Hall–Kier alpha value is -3.42. The molecule has 1 aliphatic rings. The van der Waals surface area contributed by atoms with Crippen LogP contribution in [0.15, 0.2) is 59.8 Å². The van der Waals surface area contributed by atoms with Crippen molar-refractivity contribution in [1.29, 1.82) is 0 Å². The topological polar surface area (TPSA) is 82.2 Å². The van der Waals surface area contributed by atoms with E-state index in [2.05, 4.69) is 10.3 Å². The summed E-state index contributed by atoms with van der Waals surface area (Å²) in [6.07, 6.45) is 5.79. The summed E-state index contributed by atoms with van der Waals surface area (Å²) in [5.41, 5.74) is 0.804. The highest BCUT2D eigenvalue weighted by molar-refractivity contribution is 5.97. The number of ether oxygens (including phenoxy) is 1. The van der Waals surface area contributed by atoms with Crippen molar-refractivity contribution in [1.82, 2.24) is 24.5 Å². The molecule has 0 bridgehead atoms. The summed E-state index contributed by atoms with van der Waals surface area (Å²) in [5, 5.41) is 7.85. The van der Waals surface area contributed by atoms with Crippen molar-refractivity contribution in [2.24, 2.45) is 0 Å². The molecule has 0 aliphatic carbocycles. The predicted octanol–water partition coefficient (Wildman–Crippen LogP) is 1.52. The van der Waals surface area contributed by atoms with E-state index >= 15 is 0 Å². The van der Waals surface area contributed by atoms with Gasteiger partial charge in [0.15, 0.2) is 0 Å². The van der Waals surface area contributed by atoms with Crippen molar-refractivity contribution in [2.45, 2.75) is 12.5 Å². The van der Waals surface area contributed by atoms with Gasteiger partial charge in [-0.3, -0.25) is 14.2 Å². The number of hydrogen-bond donors (Lipinski definition) is 0. The van der Waals surface area contributed by atoms with E-state index in [0.717, 1.165) is 6.42 Å². The number of benzene rings is 1. The molecular weight excluding hydrogens is 346 g/mol. The van der Waals surface area contributed by atoms with Gasteiger partial charge in [-0.05, 0) is 18.6 Å². The van der Waals surface area contributed by atoms with Crippen LogP contribution < -0.4 is 10.3 Å². The molecule has 1 aromatic carbocycles. The zero-order chi connectivity index (χ0) is 18.8. The van der Waals surface area contributed by atoms with E-state index in [9.17, 15) is 9.59 Å². The maximum absolute atomic E-state index is 13.1. The van der Waals surface area contributed by atoms with Crippen LogP contribution >= 0.6 is 0 Å². The molecule has 1 atom stereocenters. The first-order valence-corrected chi connectivity index (χ1v) is 8.68. The molecule has 0 spiro atoms. The van der Waals surface area contributed by atoms with Gasteiger partial charge in [-0.2, -0.15) is 0 Å². The van der Waals surface area contributed by atoms with Crippen molar-refractivity contribution in [2.75, 3.05) is 20.2 Å². The summed E-state index contributed by atoms with van der Waals surface area (Å²) < 4.78 is 8.54. The third-order valence-corrected chi connectivity index (χ3v) is 4.77. The van der Waals surface area contributed by atoms with Gasteiger partial charge in [-0.1, -0.05) is 23.4 Å². The minimum atomic E-state index is -0.253. The monoisotopic (exact) mass is 365 g/mol. The van der Waals surface area contributed by atoms with Crippen LogP contribution in [-0.4, -0.2) is 50.6 Å². The van der Waals surface area contributed by atoms with Crippen LogP contribution in [-0.2, 0) is 0 Å². The molecule has 138 valence electrons. The number of carbonyl (C=O) groups excluding carboxylic acids is 1. The molecule has 0 N–H and O–H groups in total. The van der Waals surface area contributed by atoms with Crippen molar-refractivity contribution in [3.8, 4) is 11.4 Å². The number of hydrogen-bond acceptors (Lipinski definition) is 5. The van der Waals surface area contributed by atoms with Gasteiger partial charge in [0.25, 0.3) is 11.5 Å². The first-order valence-electron chi connectivity index (χ1n) is 8.68. The van der Waals surface area contributed by atoms with Crippen molar-refractivity contribution in [3.05, 3.63) is 70.9 Å². The number of carbonyl (C=O) groups is 1. The van der Waals surface area contributed by atoms with E-state index in [1.807, 2.05) is 30.3 Å². The first-order chi connectivity index (χ1) is 13.2. The van der Waals surface area contributed by atoms with Crippen LogP contribution in [0, 0.1) is 0 Å². The summed E-state index contributed by atoms with van der Waals surface area (Å²) in [7, 11) is 1.46. The van der Waals surface area contributed by atoms with Gasteiger partial charge >= 0.3 is 0 Å². The van der Waals surface area contributed by atoms with E-state index in [-0.39, 0.29) is 23.3 Å². The van der Waals surface area contributed by atoms with Crippen molar-refractivity contribution < 1.29 is 9.53 Å². The van der Waals surface area contributed by atoms with Crippen LogP contribution in [0.4, 0.5) is 0 Å². The lowest BCUT2D eigenvalue weighted by atomic mass is 10.2. The molecule has 27 heavy (non-hydrogen) atoms. The molecule has 3 heterocycles. The number of likely N-dealkylation sites (tertiary alicyclic amines) is 1. The van der Waals surface area contributed by atoms with Gasteiger partial charge in [0.2, 0.25) is 0 Å². The largest absolute Gasteiger partial charge is 0.496 e. The molecule has 8 heteroatoms. The fourth-order valence-electron chi connectivity index (χ4n) is 3.36. The Kier molecular flexibility index (Phi) is 4.45. The standard InChI is InChI=1S/C19H19N5O3/c1-27-17-11-18(25)23(14-5-3-2-4-6-14)13-16(17)19(26)22-9-7-15(12-22)24-10-8-20-21-24/h2-6,8,10-11,13,15H,7,9,12H2,1H3. The molecule has 4 rings (SSSR count). The maximum Gasteiger partial charge on any atom is 0.259 e. The molecule has 1 aliphatic heterocycles. The quantitative estimate of drug-likeness (QED) is 0.700. The summed E-state index contributed by atoms with van der Waals surface area (Å²) in [5.74, 6) is 0.112. The lowest BCUT2D eigenvalue weighted by Crippen LogP contribution is -2.31. The molecule has 8 nitrogen and oxygen atoms in total. The van der Waals surface area contributed by atoms with E-state index in [1.54, 1.807) is 28.2 Å². The normalized spacial score (nSPS) is 16.5. The van der Waals surface area contributed by atoms with Crippen LogP contribution in [0.5, 0.6) is 5.75 Å². The van der Waals surface area contributed by atoms with Crippen molar-refractivity contribution in [3.63, 3.8) is 0 Å². The number of aromatic nitrogens is 4. The van der Waals surface area contributed by atoms with Gasteiger partial charge < -0.3 is 9.64 Å². The molecule has 2 aromatic heterocycles. The Morgan fingerprint density at radius 2 is 2.07 bits per heavy atom. The zero-order valence-electron chi connectivity index (χ0n) is 14.9. The van der Waals surface area contributed by atoms with Crippen LogP contribution in [0.2, 0.25) is 0 Å². The second-order valence-electron chi connectivity index (χ2n) is 6.38. The van der Waals surface area contributed by atoms with E-state index in [4.69, 9.17) is 4.74 Å². The minimum absolute atomic E-state index is 0.0995. The number of para-hydroxylation sites is 1. The van der Waals surface area contributed by atoms with Gasteiger partial charge in [-0.25, -0.2) is 4.68 Å². The highest BCUT2D eigenvalue weighted by atomic mass is 16.5. The third-order valence-electron chi connectivity index (χ3n) is 4.77. The Bertz CT molecular complexity index is 998. The SMILES string of the molecule is COc1cc(=O)n(-c2ccccc2)cc1C(=O)N1CCC(n2ccnn2)C1. The Balaban J connectivity index is 1.66. The smallest absolute Gasteiger partial charge is 0.259 e. The Morgan fingerprint density at radius 1 is 1.26 bits per heavy atom. The fraction of sp³-hybridized carbons (Fsp3) is 0.263. The lowest BCUT2D eigenvalue weighted by Gasteiger charge is -2.19. The number of nitrogens with zero attached hydrogens (tertiary/aromatic N) is 5. The summed E-state index contributed by atoms with van der Waals surface area (Å²) in [6, 6.07) is 10.6. The second kappa shape index (κ2) is 7.06. The molecule has 0 radical (unpaired) electrons. The molecule has 3 aromatic rings. The summed E-state index contributed by atoms with van der Waals surface area (Å²) in [6.45, 7) is 1.15. The average Bonchev–Trinajstić information content (AvgIpc) is 3.39. The van der Waals surface area contributed by atoms with E-state index in [1.165, 1.54) is 17.7 Å². The number of rotatable bonds is 4. The highest BCUT2D eigenvalue weighted by Gasteiger charge is 2.30. The Morgan fingerprint density at radius 3 is 2.78 bits per heavy atom. The fourth-order valence-corrected chi connectivity index (χ4v) is 3.36. The molecule has 1 saturated heterocycles. The summed E-state index contributed by atoms with van der Waals surface area (Å²) >= 11 is 0. The zero-order valence-corrected chi connectivity index (χ0v) is 14.9. The van der Waals surface area contributed by atoms with Gasteiger partial charge in [0.1, 0.15) is 5.75 Å². The van der Waals surface area contributed by atoms with Gasteiger partial charge in [0, 0.05) is 37.2 Å². The average molecular weight is 365 g/mol. The van der Waals surface area contributed by atoms with Gasteiger partial charge in [-0.15, -0.1) is 5.10 Å². The van der Waals surface area contributed by atoms with Gasteiger partial charge in [0.05, 0.1) is 24.9 Å². The van der Waals surface area contributed by atoms with Crippen LogP contribution in [0.25, 0.3) is 5.69 Å². The summed E-state index contributed by atoms with van der Waals surface area (Å²) in [4.78, 5) is 27.3. The number of methoxy groups -OCH3 is 1. The Labute approximate surface area is 155 Å². The van der Waals surface area contributed by atoms with Crippen LogP contribution in [0.1, 0.15) is 22.8 Å². The molecule has 1 unspecified atom stereocenters. The van der Waals surface area contributed by atoms with E-state index < -0.39 is 0 Å². The number of amides is 1.